The van der Waals surface area contributed by atoms with E-state index in [1.165, 1.54) is 12.1 Å². The highest BCUT2D eigenvalue weighted by Gasteiger charge is 2.02. The predicted molar refractivity (Wildman–Crippen MR) is 43.1 cm³/mol. The molecule has 0 fully saturated rings. The zero-order valence-corrected chi connectivity index (χ0v) is 6.59. The molecule has 0 saturated carbocycles. The molecule has 1 rings (SSSR count). The largest absolute Gasteiger partial charge is 0.395 e. The molecule has 4 heteroatoms. The number of hydrogen-bond donors (Lipinski definition) is 2. The van der Waals surface area contributed by atoms with E-state index >= 15 is 0 Å². The molecule has 0 heterocycles. The molecule has 10 heavy (non-hydrogen) atoms. The topological polar surface area (TPSA) is 26.0 Å². The fourth-order valence-electron chi connectivity index (χ4n) is 0.571. The van der Waals surface area contributed by atoms with Gasteiger partial charge in [-0.2, -0.15) is 0 Å². The third kappa shape index (κ3) is 1.36. The van der Waals surface area contributed by atoms with Crippen LogP contribution in [-0.4, -0.2) is 0 Å². The lowest BCUT2D eigenvalue weighted by Gasteiger charge is -1.99. The summed E-state index contributed by atoms with van der Waals surface area (Å²) in [5.74, 6) is -0.530. The Morgan fingerprint density at radius 1 is 1.50 bits per heavy atom. The van der Waals surface area contributed by atoms with Gasteiger partial charge in [0.25, 0.3) is 0 Å². The van der Waals surface area contributed by atoms with Crippen LogP contribution in [0.2, 0.25) is 5.02 Å². The van der Waals surface area contributed by atoms with Gasteiger partial charge in [-0.05, 0) is 12.1 Å². The molecule has 54 valence electrons. The average Bonchev–Trinajstić information content (AvgIpc) is 1.82. The zero-order chi connectivity index (χ0) is 7.72. The fraction of sp³-hybridized carbons (Fsp3) is 0. The van der Waals surface area contributed by atoms with E-state index in [-0.39, 0.29) is 10.7 Å². The van der Waals surface area contributed by atoms with Crippen LogP contribution in [0.3, 0.4) is 0 Å². The zero-order valence-electron chi connectivity index (χ0n) is 4.94. The van der Waals surface area contributed by atoms with Crippen LogP contribution < -0.4 is 5.73 Å². The second kappa shape index (κ2) is 2.68. The summed E-state index contributed by atoms with van der Waals surface area (Å²) in [5.41, 5.74) is 5.18. The highest BCUT2D eigenvalue weighted by atomic mass is 35.5. The van der Waals surface area contributed by atoms with E-state index in [0.717, 1.165) is 0 Å². The van der Waals surface area contributed by atoms with E-state index in [1.807, 2.05) is 0 Å². The van der Waals surface area contributed by atoms with Crippen LogP contribution in [0.25, 0.3) is 0 Å². The van der Waals surface area contributed by atoms with Crippen molar-refractivity contribution < 1.29 is 4.39 Å². The van der Waals surface area contributed by atoms with Gasteiger partial charge >= 0.3 is 0 Å². The van der Waals surface area contributed by atoms with Gasteiger partial charge in [0.05, 0.1) is 10.7 Å². The third-order valence-electron chi connectivity index (χ3n) is 1.06. The number of thiol groups is 1. The van der Waals surface area contributed by atoms with Crippen molar-refractivity contribution in [3.8, 4) is 0 Å². The van der Waals surface area contributed by atoms with E-state index in [9.17, 15) is 4.39 Å². The summed E-state index contributed by atoms with van der Waals surface area (Å²) in [6, 6.07) is 2.70. The number of nitrogens with two attached hydrogens (primary N) is 1. The summed E-state index contributed by atoms with van der Waals surface area (Å²) in [4.78, 5) is 0.469. The number of halogens is 2. The molecule has 1 aromatic rings. The Kier molecular flexibility index (Phi) is 2.06. The van der Waals surface area contributed by atoms with Crippen molar-refractivity contribution in [3.63, 3.8) is 0 Å². The van der Waals surface area contributed by atoms with Crippen molar-refractivity contribution >= 4 is 29.9 Å². The number of anilines is 1. The van der Waals surface area contributed by atoms with Crippen LogP contribution in [-0.2, 0) is 0 Å². The summed E-state index contributed by atoms with van der Waals surface area (Å²) in [6.07, 6.45) is 0. The van der Waals surface area contributed by atoms with Crippen molar-refractivity contribution in [1.29, 1.82) is 0 Å². The Hall–Kier alpha value is -0.410. The standard InChI is InChI=1S/C6H5ClFNS/c7-4-1-3(10)2-5(8)6(4)9/h1-2,10H,9H2. The maximum Gasteiger partial charge on any atom is 0.148 e. The molecule has 0 aliphatic carbocycles. The SMILES string of the molecule is Nc1c(F)cc(S)cc1Cl. The van der Waals surface area contributed by atoms with E-state index in [1.54, 1.807) is 0 Å². The lowest BCUT2D eigenvalue weighted by atomic mass is 10.3. The number of hydrogen-bond acceptors (Lipinski definition) is 2. The quantitative estimate of drug-likeness (QED) is 0.462. The highest BCUT2D eigenvalue weighted by Crippen LogP contribution is 2.24. The predicted octanol–water partition coefficient (Wildman–Crippen LogP) is 2.35. The molecule has 0 unspecified atom stereocenters. The van der Waals surface area contributed by atoms with Crippen LogP contribution in [0, 0.1) is 5.82 Å². The molecule has 0 radical (unpaired) electrons. The molecule has 1 nitrogen and oxygen atoms in total. The lowest BCUT2D eigenvalue weighted by Crippen LogP contribution is -1.90. The van der Waals surface area contributed by atoms with Crippen molar-refractivity contribution in [2.75, 3.05) is 5.73 Å². The Balaban J connectivity index is 3.31. The Morgan fingerprint density at radius 3 is 2.60 bits per heavy atom. The first-order valence-electron chi connectivity index (χ1n) is 2.54. The molecule has 2 N–H and O–H groups in total. The summed E-state index contributed by atoms with van der Waals surface area (Å²) < 4.78 is 12.6. The van der Waals surface area contributed by atoms with Gasteiger partial charge < -0.3 is 5.73 Å². The first-order valence-corrected chi connectivity index (χ1v) is 3.37. The van der Waals surface area contributed by atoms with Crippen molar-refractivity contribution in [2.24, 2.45) is 0 Å². The minimum atomic E-state index is -0.530. The van der Waals surface area contributed by atoms with Crippen molar-refractivity contribution in [1.82, 2.24) is 0 Å². The minimum absolute atomic E-state index is 0.0283. The average molecular weight is 178 g/mol. The fourth-order valence-corrected chi connectivity index (χ4v) is 1.10. The molecule has 0 spiro atoms. The second-order valence-corrected chi connectivity index (χ2v) is 2.75. The Bertz CT molecular complexity index is 241. The lowest BCUT2D eigenvalue weighted by molar-refractivity contribution is 0.629. The Labute approximate surface area is 68.4 Å². The highest BCUT2D eigenvalue weighted by molar-refractivity contribution is 7.80. The van der Waals surface area contributed by atoms with Gasteiger partial charge in [0.2, 0.25) is 0 Å². The molecular formula is C6H5ClFNS. The van der Waals surface area contributed by atoms with Gasteiger partial charge in [-0.1, -0.05) is 11.6 Å². The van der Waals surface area contributed by atoms with Crippen LogP contribution in [0.5, 0.6) is 0 Å². The molecular weight excluding hydrogens is 173 g/mol. The van der Waals surface area contributed by atoms with E-state index in [4.69, 9.17) is 17.3 Å². The van der Waals surface area contributed by atoms with Crippen LogP contribution in [0.1, 0.15) is 0 Å². The maximum absolute atomic E-state index is 12.6. The first kappa shape index (κ1) is 7.69. The summed E-state index contributed by atoms with van der Waals surface area (Å²) >= 11 is 9.40. The van der Waals surface area contributed by atoms with E-state index in [2.05, 4.69) is 12.6 Å². The van der Waals surface area contributed by atoms with Crippen molar-refractivity contribution in [2.45, 2.75) is 4.90 Å². The number of benzene rings is 1. The second-order valence-electron chi connectivity index (χ2n) is 1.82. The van der Waals surface area contributed by atoms with Crippen LogP contribution >= 0.6 is 24.2 Å². The van der Waals surface area contributed by atoms with E-state index < -0.39 is 5.82 Å². The summed E-state index contributed by atoms with van der Waals surface area (Å²) in [6.45, 7) is 0. The molecule has 0 bridgehead atoms. The molecule has 0 saturated heterocycles. The van der Waals surface area contributed by atoms with E-state index in [0.29, 0.717) is 4.90 Å². The molecule has 0 aliphatic rings. The van der Waals surface area contributed by atoms with Gasteiger partial charge in [0.15, 0.2) is 0 Å². The monoisotopic (exact) mass is 177 g/mol. The smallest absolute Gasteiger partial charge is 0.148 e. The molecule has 0 aromatic heterocycles. The normalized spacial score (nSPS) is 9.90. The third-order valence-corrected chi connectivity index (χ3v) is 1.63. The van der Waals surface area contributed by atoms with Gasteiger partial charge in [0.1, 0.15) is 5.82 Å². The van der Waals surface area contributed by atoms with Gasteiger partial charge in [-0.15, -0.1) is 12.6 Å². The number of rotatable bonds is 0. The number of nitrogen functional groups attached to an aromatic ring is 1. The maximum atomic E-state index is 12.6. The van der Waals surface area contributed by atoms with Crippen LogP contribution in [0.15, 0.2) is 17.0 Å². The van der Waals surface area contributed by atoms with Gasteiger partial charge in [0, 0.05) is 4.90 Å². The Morgan fingerprint density at radius 2 is 2.10 bits per heavy atom. The molecule has 1 aromatic carbocycles. The first-order chi connectivity index (χ1) is 4.61. The molecule has 0 atom stereocenters. The molecule has 0 aliphatic heterocycles. The van der Waals surface area contributed by atoms with Crippen LogP contribution in [0.4, 0.5) is 10.1 Å². The van der Waals surface area contributed by atoms with Gasteiger partial charge in [-0.25, -0.2) is 4.39 Å². The van der Waals surface area contributed by atoms with Crippen molar-refractivity contribution in [3.05, 3.63) is 23.0 Å². The summed E-state index contributed by atoms with van der Waals surface area (Å²) in [7, 11) is 0. The minimum Gasteiger partial charge on any atom is -0.395 e. The molecule has 0 amide bonds. The summed E-state index contributed by atoms with van der Waals surface area (Å²) in [5, 5.41) is 0.199. The van der Waals surface area contributed by atoms with Gasteiger partial charge in [-0.3, -0.25) is 0 Å².